The summed E-state index contributed by atoms with van der Waals surface area (Å²) in [7, 11) is 0. The number of rotatable bonds is 8. The van der Waals surface area contributed by atoms with E-state index in [9.17, 15) is 0 Å². The van der Waals surface area contributed by atoms with Crippen molar-refractivity contribution in [1.82, 2.24) is 0 Å². The minimum absolute atomic E-state index is 0.271. The fraction of sp³-hybridized carbons (Fsp3) is 0.282. The Hall–Kier alpha value is -3.64. The highest BCUT2D eigenvalue weighted by Crippen LogP contribution is 2.52. The van der Waals surface area contributed by atoms with Gasteiger partial charge in [-0.05, 0) is 95.7 Å². The Morgan fingerprint density at radius 1 is 1.00 bits per heavy atom. The first-order valence-corrected chi connectivity index (χ1v) is 14.5. The molecule has 0 saturated heterocycles. The van der Waals surface area contributed by atoms with Crippen LogP contribution in [-0.4, -0.2) is 0 Å². The van der Waals surface area contributed by atoms with E-state index < -0.39 is 0 Å². The van der Waals surface area contributed by atoms with Crippen molar-refractivity contribution < 1.29 is 0 Å². The Balaban J connectivity index is 1.43. The lowest BCUT2D eigenvalue weighted by Crippen LogP contribution is -2.16. The molecule has 0 heterocycles. The summed E-state index contributed by atoms with van der Waals surface area (Å²) in [5, 5.41) is 0. The first kappa shape index (κ1) is 26.9. The predicted octanol–water partition coefficient (Wildman–Crippen LogP) is 10.9. The molecule has 5 rings (SSSR count). The SMILES string of the molecule is C=C(CCC)C1=C(C)C2C(=C)C(=CC3=CC=C(c4cccc(C(=C)C)c4)C3)CC2=CC1c1ccc(CC)cc1. The van der Waals surface area contributed by atoms with E-state index in [1.165, 1.54) is 66.8 Å². The minimum Gasteiger partial charge on any atom is -0.0955 e. The van der Waals surface area contributed by atoms with Crippen molar-refractivity contribution in [3.8, 4) is 0 Å². The molecule has 0 aromatic heterocycles. The third-order valence-corrected chi connectivity index (χ3v) is 8.73. The van der Waals surface area contributed by atoms with Gasteiger partial charge in [0.15, 0.2) is 0 Å². The highest BCUT2D eigenvalue weighted by Gasteiger charge is 2.37. The number of hydrogen-bond donors (Lipinski definition) is 0. The van der Waals surface area contributed by atoms with Crippen molar-refractivity contribution in [2.75, 3.05) is 0 Å². The van der Waals surface area contributed by atoms with E-state index in [0.717, 1.165) is 37.7 Å². The van der Waals surface area contributed by atoms with Gasteiger partial charge in [-0.1, -0.05) is 129 Å². The van der Waals surface area contributed by atoms with E-state index in [2.05, 4.69) is 120 Å². The largest absolute Gasteiger partial charge is 0.0955 e. The molecule has 1 fully saturated rings. The first-order chi connectivity index (χ1) is 18.8. The molecule has 0 aliphatic heterocycles. The fourth-order valence-corrected chi connectivity index (χ4v) is 6.59. The van der Waals surface area contributed by atoms with Crippen LogP contribution in [0.25, 0.3) is 11.1 Å². The van der Waals surface area contributed by atoms with Crippen molar-refractivity contribution in [2.45, 2.75) is 65.7 Å². The normalized spacial score (nSPS) is 21.6. The second kappa shape index (κ2) is 11.2. The first-order valence-electron chi connectivity index (χ1n) is 14.5. The molecule has 2 unspecified atom stereocenters. The lowest BCUT2D eigenvalue weighted by Gasteiger charge is -2.32. The Morgan fingerprint density at radius 2 is 1.77 bits per heavy atom. The second-order valence-corrected chi connectivity index (χ2v) is 11.5. The molecule has 39 heavy (non-hydrogen) atoms. The van der Waals surface area contributed by atoms with Gasteiger partial charge in [-0.3, -0.25) is 0 Å². The van der Waals surface area contributed by atoms with Crippen LogP contribution in [0.2, 0.25) is 0 Å². The second-order valence-electron chi connectivity index (χ2n) is 11.5. The van der Waals surface area contributed by atoms with Crippen molar-refractivity contribution >= 4 is 11.1 Å². The van der Waals surface area contributed by atoms with E-state index in [4.69, 9.17) is 0 Å². The molecule has 3 aliphatic rings. The van der Waals surface area contributed by atoms with Gasteiger partial charge in [0, 0.05) is 11.8 Å². The lowest BCUT2D eigenvalue weighted by atomic mass is 9.72. The summed E-state index contributed by atoms with van der Waals surface area (Å²) in [6.45, 7) is 22.2. The number of hydrogen-bond acceptors (Lipinski definition) is 0. The summed E-state index contributed by atoms with van der Waals surface area (Å²) in [6.07, 6.45) is 14.7. The maximum Gasteiger partial charge on any atom is 0.0274 e. The number of fused-ring (bicyclic) bond motifs is 1. The van der Waals surface area contributed by atoms with Crippen LogP contribution in [0.5, 0.6) is 0 Å². The van der Waals surface area contributed by atoms with Crippen molar-refractivity contribution in [3.05, 3.63) is 154 Å². The molecule has 0 heteroatoms. The maximum absolute atomic E-state index is 4.65. The van der Waals surface area contributed by atoms with Gasteiger partial charge in [-0.2, -0.15) is 0 Å². The zero-order valence-electron chi connectivity index (χ0n) is 24.2. The highest BCUT2D eigenvalue weighted by molar-refractivity contribution is 5.76. The molecule has 0 spiro atoms. The Labute approximate surface area is 236 Å². The molecule has 3 aliphatic carbocycles. The Kier molecular flexibility index (Phi) is 7.76. The predicted molar refractivity (Wildman–Crippen MR) is 171 cm³/mol. The highest BCUT2D eigenvalue weighted by atomic mass is 14.4. The number of aryl methyl sites for hydroxylation is 1. The van der Waals surface area contributed by atoms with Crippen LogP contribution in [-0.2, 0) is 6.42 Å². The summed E-state index contributed by atoms with van der Waals surface area (Å²) in [4.78, 5) is 0. The van der Waals surface area contributed by atoms with Crippen LogP contribution >= 0.6 is 0 Å². The Morgan fingerprint density at radius 3 is 2.46 bits per heavy atom. The van der Waals surface area contributed by atoms with Gasteiger partial charge in [-0.25, -0.2) is 0 Å². The third-order valence-electron chi connectivity index (χ3n) is 8.73. The number of benzene rings is 2. The molecule has 0 bridgehead atoms. The smallest absolute Gasteiger partial charge is 0.0274 e. The molecular formula is C39H42. The minimum atomic E-state index is 0.271. The number of allylic oxidation sites excluding steroid dienone is 13. The monoisotopic (exact) mass is 510 g/mol. The molecule has 0 radical (unpaired) electrons. The zero-order chi connectivity index (χ0) is 27.7. The molecule has 2 aromatic carbocycles. The van der Waals surface area contributed by atoms with E-state index in [1.807, 2.05) is 0 Å². The van der Waals surface area contributed by atoms with Crippen LogP contribution in [0.15, 0.2) is 132 Å². The van der Waals surface area contributed by atoms with E-state index in [-0.39, 0.29) is 5.92 Å². The van der Waals surface area contributed by atoms with E-state index >= 15 is 0 Å². The quantitative estimate of drug-likeness (QED) is 0.310. The molecule has 0 nitrogen and oxygen atoms in total. The lowest BCUT2D eigenvalue weighted by molar-refractivity contribution is 0.771. The van der Waals surface area contributed by atoms with Gasteiger partial charge in [0.1, 0.15) is 0 Å². The Bertz CT molecular complexity index is 1490. The maximum atomic E-state index is 4.65. The molecule has 2 atom stereocenters. The van der Waals surface area contributed by atoms with Crippen LogP contribution in [0, 0.1) is 5.92 Å². The molecule has 0 amide bonds. The van der Waals surface area contributed by atoms with Crippen molar-refractivity contribution in [3.63, 3.8) is 0 Å². The standard InChI is InChI=1S/C39H42/c1-8-11-26(5)38-28(7)39-27(6)35(23-36(39)24-37(38)31-17-14-29(9-2)15-18-31)21-30-16-19-34(20-30)33-13-10-12-32(22-33)25(3)4/h10,12-19,21-22,24,37,39H,3,5-6,8-9,11,20,23H2,1-2,4,7H3. The van der Waals surface area contributed by atoms with Gasteiger partial charge in [0.05, 0.1) is 0 Å². The van der Waals surface area contributed by atoms with Crippen molar-refractivity contribution in [1.29, 1.82) is 0 Å². The summed E-state index contributed by atoms with van der Waals surface area (Å²) in [5.74, 6) is 0.570. The third kappa shape index (κ3) is 5.30. The average molecular weight is 511 g/mol. The zero-order valence-corrected chi connectivity index (χ0v) is 24.2. The summed E-state index contributed by atoms with van der Waals surface area (Å²) in [5.41, 5.74) is 17.4. The summed E-state index contributed by atoms with van der Waals surface area (Å²) >= 11 is 0. The van der Waals surface area contributed by atoms with E-state index in [1.54, 1.807) is 0 Å². The summed E-state index contributed by atoms with van der Waals surface area (Å²) < 4.78 is 0. The molecule has 198 valence electrons. The summed E-state index contributed by atoms with van der Waals surface area (Å²) in [6, 6.07) is 18.0. The van der Waals surface area contributed by atoms with Gasteiger partial charge in [0.25, 0.3) is 0 Å². The van der Waals surface area contributed by atoms with Crippen molar-refractivity contribution in [2.24, 2.45) is 5.92 Å². The van der Waals surface area contributed by atoms with Crippen LogP contribution in [0.1, 0.15) is 81.5 Å². The van der Waals surface area contributed by atoms with Gasteiger partial charge in [-0.15, -0.1) is 0 Å². The van der Waals surface area contributed by atoms with Gasteiger partial charge >= 0.3 is 0 Å². The topological polar surface area (TPSA) is 0 Å². The molecule has 1 saturated carbocycles. The van der Waals surface area contributed by atoms with Crippen LogP contribution in [0.3, 0.4) is 0 Å². The fourth-order valence-electron chi connectivity index (χ4n) is 6.59. The van der Waals surface area contributed by atoms with Crippen LogP contribution < -0.4 is 0 Å². The molecular weight excluding hydrogens is 468 g/mol. The molecule has 0 N–H and O–H groups in total. The average Bonchev–Trinajstić information content (AvgIpc) is 3.53. The van der Waals surface area contributed by atoms with Gasteiger partial charge in [0.2, 0.25) is 0 Å². The van der Waals surface area contributed by atoms with Crippen LogP contribution in [0.4, 0.5) is 0 Å². The molecule has 2 aromatic rings. The van der Waals surface area contributed by atoms with E-state index in [0.29, 0.717) is 5.92 Å². The van der Waals surface area contributed by atoms with Gasteiger partial charge < -0.3 is 0 Å².